The van der Waals surface area contributed by atoms with Crippen molar-refractivity contribution in [2.24, 2.45) is 0 Å². The van der Waals surface area contributed by atoms with Gasteiger partial charge in [0.2, 0.25) is 0 Å². The van der Waals surface area contributed by atoms with Gasteiger partial charge in [-0.25, -0.2) is 0 Å². The van der Waals surface area contributed by atoms with E-state index in [1.807, 2.05) is 13.8 Å². The number of aliphatic hydroxyl groups excluding tert-OH is 1. The molecule has 1 aliphatic rings. The SMILES string of the molecule is CC1=C(C)OC(C)(CO)CC1. The van der Waals surface area contributed by atoms with Gasteiger partial charge in [0, 0.05) is 0 Å². The molecule has 0 aromatic rings. The van der Waals surface area contributed by atoms with Gasteiger partial charge in [-0.05, 0) is 39.2 Å². The topological polar surface area (TPSA) is 29.5 Å². The zero-order valence-electron chi connectivity index (χ0n) is 7.48. The molecule has 0 amide bonds. The summed E-state index contributed by atoms with van der Waals surface area (Å²) in [6.07, 6.45) is 1.97. The maximum absolute atomic E-state index is 9.01. The fourth-order valence-electron chi connectivity index (χ4n) is 1.25. The molecular weight excluding hydrogens is 140 g/mol. The number of hydrogen-bond acceptors (Lipinski definition) is 2. The van der Waals surface area contributed by atoms with E-state index in [2.05, 4.69) is 6.92 Å². The Morgan fingerprint density at radius 2 is 2.18 bits per heavy atom. The van der Waals surface area contributed by atoms with Gasteiger partial charge in [0.05, 0.1) is 12.4 Å². The van der Waals surface area contributed by atoms with Crippen molar-refractivity contribution in [1.82, 2.24) is 0 Å². The molecule has 1 N–H and O–H groups in total. The lowest BCUT2D eigenvalue weighted by atomic mass is 9.94. The van der Waals surface area contributed by atoms with Crippen LogP contribution in [0.15, 0.2) is 11.3 Å². The smallest absolute Gasteiger partial charge is 0.129 e. The van der Waals surface area contributed by atoms with E-state index in [-0.39, 0.29) is 12.2 Å². The highest BCUT2D eigenvalue weighted by Crippen LogP contribution is 2.30. The Kier molecular flexibility index (Phi) is 2.23. The van der Waals surface area contributed by atoms with Gasteiger partial charge in [-0.3, -0.25) is 0 Å². The van der Waals surface area contributed by atoms with Crippen LogP contribution in [0, 0.1) is 0 Å². The molecule has 0 bridgehead atoms. The maximum Gasteiger partial charge on any atom is 0.129 e. The van der Waals surface area contributed by atoms with E-state index in [9.17, 15) is 0 Å². The van der Waals surface area contributed by atoms with Crippen LogP contribution in [0.2, 0.25) is 0 Å². The molecule has 0 aromatic carbocycles. The molecule has 1 atom stereocenters. The lowest BCUT2D eigenvalue weighted by Gasteiger charge is -2.34. The number of rotatable bonds is 1. The van der Waals surface area contributed by atoms with Crippen molar-refractivity contribution in [3.63, 3.8) is 0 Å². The van der Waals surface area contributed by atoms with Gasteiger partial charge >= 0.3 is 0 Å². The zero-order valence-corrected chi connectivity index (χ0v) is 7.48. The first-order chi connectivity index (χ1) is 5.07. The van der Waals surface area contributed by atoms with Gasteiger partial charge < -0.3 is 9.84 Å². The van der Waals surface area contributed by atoms with E-state index in [1.54, 1.807) is 0 Å². The van der Waals surface area contributed by atoms with E-state index in [4.69, 9.17) is 9.84 Å². The molecular formula is C9H16O2. The van der Waals surface area contributed by atoms with Crippen LogP contribution in [0.5, 0.6) is 0 Å². The Bertz CT molecular complexity index is 184. The summed E-state index contributed by atoms with van der Waals surface area (Å²) in [6, 6.07) is 0. The molecule has 0 spiro atoms. The molecule has 0 fully saturated rings. The van der Waals surface area contributed by atoms with Crippen LogP contribution >= 0.6 is 0 Å². The van der Waals surface area contributed by atoms with Crippen molar-refractivity contribution in [1.29, 1.82) is 0 Å². The van der Waals surface area contributed by atoms with Crippen molar-refractivity contribution in [2.75, 3.05) is 6.61 Å². The molecule has 1 aliphatic heterocycles. The van der Waals surface area contributed by atoms with Gasteiger partial charge in [-0.1, -0.05) is 0 Å². The molecule has 0 aromatic heterocycles. The quantitative estimate of drug-likeness (QED) is 0.627. The third-order valence-electron chi connectivity index (χ3n) is 2.36. The first-order valence-electron chi connectivity index (χ1n) is 4.04. The van der Waals surface area contributed by atoms with Crippen molar-refractivity contribution in [3.05, 3.63) is 11.3 Å². The van der Waals surface area contributed by atoms with Gasteiger partial charge in [0.25, 0.3) is 0 Å². The maximum atomic E-state index is 9.01. The molecule has 64 valence electrons. The van der Waals surface area contributed by atoms with Gasteiger partial charge in [-0.15, -0.1) is 0 Å². The first-order valence-corrected chi connectivity index (χ1v) is 4.04. The van der Waals surface area contributed by atoms with Crippen LogP contribution in [0.1, 0.15) is 33.6 Å². The van der Waals surface area contributed by atoms with E-state index in [0.717, 1.165) is 18.6 Å². The fourth-order valence-corrected chi connectivity index (χ4v) is 1.25. The minimum absolute atomic E-state index is 0.109. The summed E-state index contributed by atoms with van der Waals surface area (Å²) in [6.45, 7) is 6.09. The Balaban J connectivity index is 2.71. The van der Waals surface area contributed by atoms with E-state index >= 15 is 0 Å². The Hall–Kier alpha value is -0.500. The van der Waals surface area contributed by atoms with Gasteiger partial charge in [0.1, 0.15) is 5.60 Å². The van der Waals surface area contributed by atoms with Crippen LogP contribution in [0.4, 0.5) is 0 Å². The number of allylic oxidation sites excluding steroid dienone is 2. The lowest BCUT2D eigenvalue weighted by Crippen LogP contribution is -2.35. The van der Waals surface area contributed by atoms with Gasteiger partial charge in [0.15, 0.2) is 0 Å². The van der Waals surface area contributed by atoms with Crippen molar-refractivity contribution in [3.8, 4) is 0 Å². The fraction of sp³-hybridized carbons (Fsp3) is 0.778. The molecule has 2 heteroatoms. The lowest BCUT2D eigenvalue weighted by molar-refractivity contribution is -0.0439. The largest absolute Gasteiger partial charge is 0.490 e. The highest BCUT2D eigenvalue weighted by atomic mass is 16.5. The average molecular weight is 156 g/mol. The van der Waals surface area contributed by atoms with Crippen molar-refractivity contribution in [2.45, 2.75) is 39.2 Å². The van der Waals surface area contributed by atoms with Crippen LogP contribution in [0.3, 0.4) is 0 Å². The summed E-state index contributed by atoms with van der Waals surface area (Å²) in [4.78, 5) is 0. The minimum atomic E-state index is -0.330. The number of aliphatic hydroxyl groups is 1. The van der Waals surface area contributed by atoms with E-state index < -0.39 is 0 Å². The average Bonchev–Trinajstić information content (AvgIpc) is 1.98. The van der Waals surface area contributed by atoms with E-state index in [1.165, 1.54) is 5.57 Å². The molecule has 0 saturated carbocycles. The van der Waals surface area contributed by atoms with Crippen LogP contribution in [-0.2, 0) is 4.74 Å². The number of hydrogen-bond donors (Lipinski definition) is 1. The molecule has 1 heterocycles. The van der Waals surface area contributed by atoms with Crippen molar-refractivity contribution >= 4 is 0 Å². The second-order valence-corrected chi connectivity index (χ2v) is 3.55. The predicted octanol–water partition coefficient (Wildman–Crippen LogP) is 1.84. The number of ether oxygens (including phenoxy) is 1. The van der Waals surface area contributed by atoms with Crippen LogP contribution < -0.4 is 0 Å². The second kappa shape index (κ2) is 2.86. The van der Waals surface area contributed by atoms with Crippen LogP contribution in [-0.4, -0.2) is 17.3 Å². The summed E-state index contributed by atoms with van der Waals surface area (Å²) < 4.78 is 5.56. The molecule has 2 nitrogen and oxygen atoms in total. The summed E-state index contributed by atoms with van der Waals surface area (Å²) in [5.74, 6) is 0.979. The van der Waals surface area contributed by atoms with E-state index in [0.29, 0.717) is 0 Å². The highest BCUT2D eigenvalue weighted by Gasteiger charge is 2.29. The normalized spacial score (nSPS) is 32.0. The molecule has 11 heavy (non-hydrogen) atoms. The Morgan fingerprint density at radius 3 is 2.64 bits per heavy atom. The monoisotopic (exact) mass is 156 g/mol. The molecule has 1 unspecified atom stereocenters. The predicted molar refractivity (Wildman–Crippen MR) is 44.2 cm³/mol. The highest BCUT2D eigenvalue weighted by molar-refractivity contribution is 5.09. The van der Waals surface area contributed by atoms with Gasteiger partial charge in [-0.2, -0.15) is 0 Å². The van der Waals surface area contributed by atoms with Crippen molar-refractivity contribution < 1.29 is 9.84 Å². The summed E-state index contributed by atoms with van der Waals surface area (Å²) in [5, 5.41) is 9.01. The minimum Gasteiger partial charge on any atom is -0.490 e. The molecule has 0 aliphatic carbocycles. The third kappa shape index (κ3) is 1.74. The summed E-state index contributed by atoms with van der Waals surface area (Å²) >= 11 is 0. The summed E-state index contributed by atoms with van der Waals surface area (Å²) in [7, 11) is 0. The third-order valence-corrected chi connectivity index (χ3v) is 2.36. The first kappa shape index (κ1) is 8.60. The zero-order chi connectivity index (χ0) is 8.48. The second-order valence-electron chi connectivity index (χ2n) is 3.55. The molecule has 1 rings (SSSR count). The summed E-state index contributed by atoms with van der Waals surface area (Å²) in [5.41, 5.74) is 0.972. The van der Waals surface area contributed by atoms with Crippen LogP contribution in [0.25, 0.3) is 0 Å². The molecule has 0 radical (unpaired) electrons. The Labute approximate surface area is 67.9 Å². The standard InChI is InChI=1S/C9H16O2/c1-7-4-5-9(3,6-10)11-8(7)2/h10H,4-6H2,1-3H3. The molecule has 0 saturated heterocycles. The Morgan fingerprint density at radius 1 is 1.55 bits per heavy atom.